The van der Waals surface area contributed by atoms with Crippen molar-refractivity contribution in [3.63, 3.8) is 0 Å². The molecule has 0 unspecified atom stereocenters. The van der Waals surface area contributed by atoms with Gasteiger partial charge in [-0.05, 0) is 36.6 Å². The van der Waals surface area contributed by atoms with Gasteiger partial charge < -0.3 is 10.3 Å². The molecule has 0 aliphatic carbocycles. The van der Waals surface area contributed by atoms with Crippen LogP contribution in [-0.4, -0.2) is 26.2 Å². The molecule has 2 heterocycles. The van der Waals surface area contributed by atoms with Crippen LogP contribution in [0.5, 0.6) is 0 Å². The molecular weight excluding hydrogens is 439 g/mol. The Balaban J connectivity index is 1.63. The van der Waals surface area contributed by atoms with Crippen LogP contribution in [-0.2, 0) is 11.3 Å². The Morgan fingerprint density at radius 1 is 1.21 bits per heavy atom. The number of benzene rings is 2. The first-order chi connectivity index (χ1) is 16.0. The van der Waals surface area contributed by atoms with E-state index < -0.39 is 0 Å². The summed E-state index contributed by atoms with van der Waals surface area (Å²) >= 11 is 1.20. The summed E-state index contributed by atoms with van der Waals surface area (Å²) in [5, 5.41) is 3.19. The zero-order valence-corrected chi connectivity index (χ0v) is 19.3. The Hall–Kier alpha value is -3.39. The number of nitrogens with one attached hydrogen (secondary N) is 2. The third kappa shape index (κ3) is 5.01. The van der Waals surface area contributed by atoms with Crippen molar-refractivity contribution in [2.45, 2.75) is 38.4 Å². The molecule has 0 aliphatic rings. The second-order valence-electron chi connectivity index (χ2n) is 7.80. The molecule has 2 N–H and O–H groups in total. The molecule has 0 bridgehead atoms. The Bertz CT molecular complexity index is 1350. The Morgan fingerprint density at radius 2 is 2.00 bits per heavy atom. The van der Waals surface area contributed by atoms with E-state index in [1.807, 2.05) is 30.3 Å². The van der Waals surface area contributed by atoms with E-state index in [1.54, 1.807) is 29.8 Å². The van der Waals surface area contributed by atoms with Gasteiger partial charge in [0.05, 0.1) is 5.75 Å². The van der Waals surface area contributed by atoms with Gasteiger partial charge in [-0.3, -0.25) is 14.2 Å². The lowest BCUT2D eigenvalue weighted by molar-refractivity contribution is -0.113. The molecule has 4 rings (SSSR count). The number of H-pyrrole nitrogens is 1. The fraction of sp³-hybridized carbons (Fsp3) is 0.240. The molecule has 0 atom stereocenters. The fourth-order valence-corrected chi connectivity index (χ4v) is 4.35. The molecule has 0 fully saturated rings. The number of aromatic nitrogens is 3. The smallest absolute Gasteiger partial charge is 0.278 e. The van der Waals surface area contributed by atoms with Crippen LogP contribution in [0.25, 0.3) is 22.2 Å². The number of carbonyl (C=O) groups is 1. The average molecular weight is 465 g/mol. The van der Waals surface area contributed by atoms with E-state index in [1.165, 1.54) is 17.8 Å². The second-order valence-corrected chi connectivity index (χ2v) is 8.74. The molecule has 2 aromatic heterocycles. The van der Waals surface area contributed by atoms with Gasteiger partial charge in [0.1, 0.15) is 16.9 Å². The lowest BCUT2D eigenvalue weighted by atomic mass is 10.1. The van der Waals surface area contributed by atoms with Crippen LogP contribution >= 0.6 is 11.8 Å². The summed E-state index contributed by atoms with van der Waals surface area (Å²) in [6, 6.07) is 14.3. The van der Waals surface area contributed by atoms with Crippen LogP contribution in [0.15, 0.2) is 64.7 Å². The van der Waals surface area contributed by atoms with Crippen molar-refractivity contribution in [1.82, 2.24) is 14.5 Å². The fourth-order valence-electron chi connectivity index (χ4n) is 3.53. The van der Waals surface area contributed by atoms with E-state index in [0.29, 0.717) is 34.0 Å². The van der Waals surface area contributed by atoms with Crippen LogP contribution < -0.4 is 10.9 Å². The number of hydrogen-bond acceptors (Lipinski definition) is 4. The predicted octanol–water partition coefficient (Wildman–Crippen LogP) is 5.37. The first-order valence-corrected chi connectivity index (χ1v) is 11.8. The average Bonchev–Trinajstić information content (AvgIpc) is 3.24. The molecule has 0 radical (unpaired) electrons. The van der Waals surface area contributed by atoms with Crippen molar-refractivity contribution in [3.05, 3.63) is 76.5 Å². The van der Waals surface area contributed by atoms with Gasteiger partial charge in [-0.2, -0.15) is 0 Å². The maximum atomic E-state index is 13.8. The van der Waals surface area contributed by atoms with Crippen molar-refractivity contribution in [2.24, 2.45) is 0 Å². The summed E-state index contributed by atoms with van der Waals surface area (Å²) in [5.74, 6) is -0.621. The van der Waals surface area contributed by atoms with Crippen LogP contribution in [0.3, 0.4) is 0 Å². The third-order valence-electron chi connectivity index (χ3n) is 5.36. The Kier molecular flexibility index (Phi) is 6.93. The number of rotatable bonds is 8. The SMILES string of the molecule is CCCCn1c(SCC(=O)Nc2ccc(C)c(F)c2)nc2c(-c3ccccc3)c[nH]c2c1=O. The van der Waals surface area contributed by atoms with Gasteiger partial charge in [-0.25, -0.2) is 9.37 Å². The van der Waals surface area contributed by atoms with Crippen molar-refractivity contribution in [1.29, 1.82) is 0 Å². The number of nitrogens with zero attached hydrogens (tertiary/aromatic N) is 2. The Morgan fingerprint density at radius 3 is 2.73 bits per heavy atom. The summed E-state index contributed by atoms with van der Waals surface area (Å²) in [6.07, 6.45) is 3.54. The number of halogens is 1. The molecule has 33 heavy (non-hydrogen) atoms. The third-order valence-corrected chi connectivity index (χ3v) is 6.33. The summed E-state index contributed by atoms with van der Waals surface area (Å²) in [7, 11) is 0. The minimum absolute atomic E-state index is 0.0463. The lowest BCUT2D eigenvalue weighted by Gasteiger charge is -2.12. The molecule has 0 saturated heterocycles. The number of thioether (sulfide) groups is 1. The summed E-state index contributed by atoms with van der Waals surface area (Å²) < 4.78 is 15.4. The van der Waals surface area contributed by atoms with Gasteiger partial charge in [-0.15, -0.1) is 0 Å². The second kappa shape index (κ2) is 10.0. The zero-order valence-electron chi connectivity index (χ0n) is 18.5. The van der Waals surface area contributed by atoms with E-state index >= 15 is 0 Å². The number of aryl methyl sites for hydroxylation is 1. The van der Waals surface area contributed by atoms with E-state index in [-0.39, 0.29) is 23.0 Å². The van der Waals surface area contributed by atoms with Crippen LogP contribution in [0, 0.1) is 12.7 Å². The van der Waals surface area contributed by atoms with E-state index in [9.17, 15) is 14.0 Å². The maximum absolute atomic E-state index is 13.8. The van der Waals surface area contributed by atoms with E-state index in [0.717, 1.165) is 24.0 Å². The van der Waals surface area contributed by atoms with Gasteiger partial charge in [0, 0.05) is 24.0 Å². The maximum Gasteiger partial charge on any atom is 0.278 e. The number of hydrogen-bond donors (Lipinski definition) is 2. The normalized spacial score (nSPS) is 11.1. The topological polar surface area (TPSA) is 79.8 Å². The molecule has 2 aromatic carbocycles. The van der Waals surface area contributed by atoms with E-state index in [2.05, 4.69) is 17.2 Å². The molecule has 1 amide bonds. The quantitative estimate of drug-likeness (QED) is 0.271. The van der Waals surface area contributed by atoms with Crippen LogP contribution in [0.2, 0.25) is 0 Å². The van der Waals surface area contributed by atoms with Crippen molar-refractivity contribution < 1.29 is 9.18 Å². The van der Waals surface area contributed by atoms with Crippen LogP contribution in [0.4, 0.5) is 10.1 Å². The molecule has 8 heteroatoms. The number of unbranched alkanes of at least 4 members (excludes halogenated alkanes) is 1. The molecule has 0 aliphatic heterocycles. The highest BCUT2D eigenvalue weighted by molar-refractivity contribution is 7.99. The first kappa shape index (κ1) is 22.8. The largest absolute Gasteiger partial charge is 0.355 e. The van der Waals surface area contributed by atoms with Crippen LogP contribution in [0.1, 0.15) is 25.3 Å². The Labute approximate surface area is 195 Å². The first-order valence-electron chi connectivity index (χ1n) is 10.8. The van der Waals surface area contributed by atoms with Gasteiger partial charge in [0.2, 0.25) is 5.91 Å². The molecule has 0 saturated carbocycles. The van der Waals surface area contributed by atoms with Crippen molar-refractivity contribution >= 4 is 34.4 Å². The molecular formula is C25H25FN4O2S. The highest BCUT2D eigenvalue weighted by Crippen LogP contribution is 2.28. The predicted molar refractivity (Wildman–Crippen MR) is 131 cm³/mol. The number of carbonyl (C=O) groups excluding carboxylic acids is 1. The number of aromatic amines is 1. The van der Waals surface area contributed by atoms with Gasteiger partial charge in [0.25, 0.3) is 5.56 Å². The minimum Gasteiger partial charge on any atom is -0.355 e. The van der Waals surface area contributed by atoms with E-state index in [4.69, 9.17) is 4.98 Å². The summed E-state index contributed by atoms with van der Waals surface area (Å²) in [5.41, 5.74) is 3.59. The monoisotopic (exact) mass is 464 g/mol. The molecule has 0 spiro atoms. The van der Waals surface area contributed by atoms with Crippen molar-refractivity contribution in [3.8, 4) is 11.1 Å². The standard InChI is InChI=1S/C25H25FN4O2S/c1-3-4-12-30-24(32)23-22(19(14-27-23)17-8-6-5-7-9-17)29-25(30)33-15-21(31)28-18-11-10-16(2)20(26)13-18/h5-11,13-14,27H,3-4,12,15H2,1-2H3,(H,28,31). The van der Waals surface area contributed by atoms with Gasteiger partial charge in [0.15, 0.2) is 5.16 Å². The molecule has 4 aromatic rings. The minimum atomic E-state index is -0.373. The van der Waals surface area contributed by atoms with Crippen molar-refractivity contribution in [2.75, 3.05) is 11.1 Å². The number of anilines is 1. The highest BCUT2D eigenvalue weighted by Gasteiger charge is 2.17. The molecule has 170 valence electrons. The van der Waals surface area contributed by atoms with Gasteiger partial charge >= 0.3 is 0 Å². The summed E-state index contributed by atoms with van der Waals surface area (Å²) in [4.78, 5) is 33.6. The lowest BCUT2D eigenvalue weighted by Crippen LogP contribution is -2.24. The molecule has 6 nitrogen and oxygen atoms in total. The number of amides is 1. The van der Waals surface area contributed by atoms with Gasteiger partial charge in [-0.1, -0.05) is 61.5 Å². The highest BCUT2D eigenvalue weighted by atomic mass is 32.2. The number of fused-ring (bicyclic) bond motifs is 1. The zero-order chi connectivity index (χ0) is 23.4. The summed E-state index contributed by atoms with van der Waals surface area (Å²) in [6.45, 7) is 4.24.